The first-order valence-electron chi connectivity index (χ1n) is 11.1. The summed E-state index contributed by atoms with van der Waals surface area (Å²) in [6, 6.07) is 14.9. The molecule has 176 valence electrons. The molecule has 1 atom stereocenters. The van der Waals surface area contributed by atoms with Gasteiger partial charge < -0.3 is 24.8 Å². The molecule has 2 rings (SSSR count). The average Bonchev–Trinajstić information content (AvgIpc) is 2.84. The Kier molecular flexibility index (Phi) is 10.7. The van der Waals surface area contributed by atoms with Gasteiger partial charge in [-0.05, 0) is 42.8 Å². The second-order valence-electron chi connectivity index (χ2n) is 7.41. The molecular formula is C25H38N4O3. The van der Waals surface area contributed by atoms with E-state index in [0.717, 1.165) is 37.6 Å². The minimum Gasteiger partial charge on any atom is -0.493 e. The predicted molar refractivity (Wildman–Crippen MR) is 131 cm³/mol. The first-order valence-corrected chi connectivity index (χ1v) is 11.1. The number of likely N-dealkylation sites (N-methyl/N-ethyl adjacent to an activating group) is 1. The molecule has 1 unspecified atom stereocenters. The molecule has 0 saturated heterocycles. The van der Waals surface area contributed by atoms with Crippen LogP contribution in [0, 0.1) is 0 Å². The van der Waals surface area contributed by atoms with Crippen LogP contribution in [-0.4, -0.2) is 64.9 Å². The van der Waals surface area contributed by atoms with Crippen LogP contribution < -0.4 is 24.8 Å². The van der Waals surface area contributed by atoms with Crippen molar-refractivity contribution in [2.75, 3.05) is 48.0 Å². The van der Waals surface area contributed by atoms with E-state index in [1.807, 2.05) is 12.1 Å². The van der Waals surface area contributed by atoms with Gasteiger partial charge in [0.1, 0.15) is 0 Å². The Balaban J connectivity index is 2.04. The molecule has 0 fully saturated rings. The van der Waals surface area contributed by atoms with Gasteiger partial charge in [-0.1, -0.05) is 44.2 Å². The molecule has 0 aliphatic carbocycles. The van der Waals surface area contributed by atoms with Crippen molar-refractivity contribution >= 4 is 5.96 Å². The van der Waals surface area contributed by atoms with Crippen LogP contribution in [0.1, 0.15) is 25.0 Å². The quantitative estimate of drug-likeness (QED) is 0.388. The Labute approximate surface area is 192 Å². The van der Waals surface area contributed by atoms with Gasteiger partial charge in [0.2, 0.25) is 5.75 Å². The zero-order valence-corrected chi connectivity index (χ0v) is 20.3. The maximum atomic E-state index is 5.45. The van der Waals surface area contributed by atoms with Crippen molar-refractivity contribution in [3.8, 4) is 17.2 Å². The van der Waals surface area contributed by atoms with Gasteiger partial charge in [-0.3, -0.25) is 9.89 Å². The highest BCUT2D eigenvalue weighted by atomic mass is 16.5. The lowest BCUT2D eigenvalue weighted by atomic mass is 10.0. The third kappa shape index (κ3) is 7.05. The third-order valence-corrected chi connectivity index (χ3v) is 5.56. The van der Waals surface area contributed by atoms with E-state index in [9.17, 15) is 0 Å². The van der Waals surface area contributed by atoms with Crippen LogP contribution in [0.3, 0.4) is 0 Å². The van der Waals surface area contributed by atoms with Gasteiger partial charge in [0.25, 0.3) is 0 Å². The monoisotopic (exact) mass is 442 g/mol. The van der Waals surface area contributed by atoms with E-state index in [-0.39, 0.29) is 0 Å². The van der Waals surface area contributed by atoms with E-state index < -0.39 is 0 Å². The van der Waals surface area contributed by atoms with Crippen molar-refractivity contribution in [2.45, 2.75) is 32.9 Å². The molecule has 2 aromatic carbocycles. The maximum Gasteiger partial charge on any atom is 0.203 e. The van der Waals surface area contributed by atoms with E-state index in [2.05, 4.69) is 64.7 Å². The van der Waals surface area contributed by atoms with E-state index in [0.29, 0.717) is 29.8 Å². The second-order valence-corrected chi connectivity index (χ2v) is 7.41. The zero-order valence-electron chi connectivity index (χ0n) is 20.3. The topological polar surface area (TPSA) is 67.4 Å². The van der Waals surface area contributed by atoms with E-state index >= 15 is 0 Å². The molecule has 2 aromatic rings. The van der Waals surface area contributed by atoms with Crippen LogP contribution in [0.25, 0.3) is 0 Å². The van der Waals surface area contributed by atoms with E-state index in [1.54, 1.807) is 28.4 Å². The van der Waals surface area contributed by atoms with Gasteiger partial charge in [0.05, 0.1) is 21.3 Å². The Morgan fingerprint density at radius 2 is 1.53 bits per heavy atom. The number of benzene rings is 2. The highest BCUT2D eigenvalue weighted by Gasteiger charge is 2.17. The molecule has 0 radical (unpaired) electrons. The fraction of sp³-hybridized carbons (Fsp3) is 0.480. The summed E-state index contributed by atoms with van der Waals surface area (Å²) < 4.78 is 16.3. The number of ether oxygens (including phenoxy) is 3. The molecule has 32 heavy (non-hydrogen) atoms. The summed E-state index contributed by atoms with van der Waals surface area (Å²) in [5, 5.41) is 6.89. The van der Waals surface area contributed by atoms with Crippen molar-refractivity contribution in [1.29, 1.82) is 0 Å². The SMILES string of the molecule is CCN(CC)C(CNC(=NC)NCc1cc(OC)c(OC)c(OC)c1)Cc1ccccc1. The number of hydrogen-bond acceptors (Lipinski definition) is 5. The average molecular weight is 443 g/mol. The number of methoxy groups -OCH3 is 3. The summed E-state index contributed by atoms with van der Waals surface area (Å²) in [5.74, 6) is 2.61. The van der Waals surface area contributed by atoms with Crippen molar-refractivity contribution in [3.63, 3.8) is 0 Å². The van der Waals surface area contributed by atoms with E-state index in [4.69, 9.17) is 14.2 Å². The van der Waals surface area contributed by atoms with Gasteiger partial charge in [0.15, 0.2) is 17.5 Å². The molecule has 0 aliphatic rings. The Morgan fingerprint density at radius 3 is 2.03 bits per heavy atom. The fourth-order valence-electron chi connectivity index (χ4n) is 3.81. The van der Waals surface area contributed by atoms with Crippen LogP contribution in [0.4, 0.5) is 0 Å². The fourth-order valence-corrected chi connectivity index (χ4v) is 3.81. The van der Waals surface area contributed by atoms with Gasteiger partial charge in [-0.15, -0.1) is 0 Å². The summed E-state index contributed by atoms with van der Waals surface area (Å²) in [6.07, 6.45) is 0.986. The zero-order chi connectivity index (χ0) is 23.3. The molecule has 0 saturated carbocycles. The van der Waals surface area contributed by atoms with Crippen molar-refractivity contribution < 1.29 is 14.2 Å². The molecule has 0 aliphatic heterocycles. The molecule has 0 bridgehead atoms. The number of hydrogen-bond donors (Lipinski definition) is 2. The van der Waals surface area contributed by atoms with Gasteiger partial charge in [0, 0.05) is 26.2 Å². The lowest BCUT2D eigenvalue weighted by Gasteiger charge is -2.30. The highest BCUT2D eigenvalue weighted by molar-refractivity contribution is 5.79. The number of rotatable bonds is 12. The minimum atomic E-state index is 0.368. The Bertz CT molecular complexity index is 813. The Hall–Kier alpha value is -2.93. The van der Waals surface area contributed by atoms with Crippen LogP contribution in [0.15, 0.2) is 47.5 Å². The maximum absolute atomic E-state index is 5.45. The molecule has 0 aromatic heterocycles. The van der Waals surface area contributed by atoms with Crippen molar-refractivity contribution in [2.24, 2.45) is 4.99 Å². The molecule has 7 nitrogen and oxygen atoms in total. The molecule has 0 amide bonds. The van der Waals surface area contributed by atoms with Gasteiger partial charge in [-0.25, -0.2) is 0 Å². The second kappa shape index (κ2) is 13.5. The number of aliphatic imine (C=N–C) groups is 1. The first-order chi connectivity index (χ1) is 15.6. The molecule has 2 N–H and O–H groups in total. The normalized spacial score (nSPS) is 12.4. The molecular weight excluding hydrogens is 404 g/mol. The number of nitrogens with zero attached hydrogens (tertiary/aromatic N) is 2. The van der Waals surface area contributed by atoms with Crippen molar-refractivity contribution in [3.05, 3.63) is 53.6 Å². The van der Waals surface area contributed by atoms with Gasteiger partial charge in [-0.2, -0.15) is 0 Å². The van der Waals surface area contributed by atoms with Crippen LogP contribution >= 0.6 is 0 Å². The highest BCUT2D eigenvalue weighted by Crippen LogP contribution is 2.38. The smallest absolute Gasteiger partial charge is 0.203 e. The van der Waals surface area contributed by atoms with Crippen LogP contribution in [0.5, 0.6) is 17.2 Å². The summed E-state index contributed by atoms with van der Waals surface area (Å²) >= 11 is 0. The van der Waals surface area contributed by atoms with Crippen molar-refractivity contribution in [1.82, 2.24) is 15.5 Å². The third-order valence-electron chi connectivity index (χ3n) is 5.56. The predicted octanol–water partition coefficient (Wildman–Crippen LogP) is 3.33. The molecule has 0 heterocycles. The standard InChI is InChI=1S/C25H38N4O3/c1-7-29(8-2)21(14-19-12-10-9-11-13-19)18-28-25(26-3)27-17-20-15-22(30-4)24(32-6)23(16-20)31-5/h9-13,15-16,21H,7-8,14,17-18H2,1-6H3,(H2,26,27,28). The Morgan fingerprint density at radius 1 is 0.906 bits per heavy atom. The number of nitrogens with one attached hydrogen (secondary N) is 2. The summed E-state index contributed by atoms with van der Waals surface area (Å²) in [6.45, 7) is 7.80. The summed E-state index contributed by atoms with van der Waals surface area (Å²) in [5.41, 5.74) is 2.35. The summed E-state index contributed by atoms with van der Waals surface area (Å²) in [4.78, 5) is 6.88. The van der Waals surface area contributed by atoms with E-state index in [1.165, 1.54) is 5.56 Å². The van der Waals surface area contributed by atoms with Crippen LogP contribution in [0.2, 0.25) is 0 Å². The summed E-state index contributed by atoms with van der Waals surface area (Å²) in [7, 11) is 6.63. The molecule has 7 heteroatoms. The number of guanidine groups is 1. The lowest BCUT2D eigenvalue weighted by molar-refractivity contribution is 0.215. The molecule has 0 spiro atoms. The van der Waals surface area contributed by atoms with Crippen LogP contribution in [-0.2, 0) is 13.0 Å². The van der Waals surface area contributed by atoms with Gasteiger partial charge >= 0.3 is 0 Å². The first kappa shape index (κ1) is 25.3. The largest absolute Gasteiger partial charge is 0.493 e. The lowest BCUT2D eigenvalue weighted by Crippen LogP contribution is -2.48. The minimum absolute atomic E-state index is 0.368.